The van der Waals surface area contributed by atoms with Crippen LogP contribution < -0.4 is 5.32 Å². The topological polar surface area (TPSA) is 138 Å². The lowest BCUT2D eigenvalue weighted by molar-refractivity contribution is -0.133. The molecule has 1 fully saturated rings. The second-order valence-electron chi connectivity index (χ2n) is 9.36. The molecule has 3 N–H and O–H groups in total. The monoisotopic (exact) mass is 545 g/mol. The van der Waals surface area contributed by atoms with Crippen molar-refractivity contribution in [1.82, 2.24) is 10.2 Å². The zero-order chi connectivity index (χ0) is 27.5. The molecule has 1 saturated heterocycles. The van der Waals surface area contributed by atoms with E-state index >= 15 is 0 Å². The molecule has 0 radical (unpaired) electrons. The fourth-order valence-corrected chi connectivity index (χ4v) is 4.70. The first-order valence-corrected chi connectivity index (χ1v) is 13.4. The summed E-state index contributed by atoms with van der Waals surface area (Å²) >= 11 is 0.757. The van der Waals surface area contributed by atoms with E-state index in [0.717, 1.165) is 50.6 Å². The van der Waals surface area contributed by atoms with Crippen LogP contribution in [0, 0.1) is 0 Å². The molecule has 2 aliphatic heterocycles. The van der Waals surface area contributed by atoms with E-state index in [4.69, 9.17) is 8.92 Å². The van der Waals surface area contributed by atoms with E-state index in [1.54, 1.807) is 17.9 Å². The molecule has 1 aromatic rings. The first-order valence-electron chi connectivity index (χ1n) is 12.7. The van der Waals surface area contributed by atoms with Gasteiger partial charge in [-0.05, 0) is 50.3 Å². The molecule has 0 aliphatic carbocycles. The number of benzene rings is 1. The molecular formula is C27H35N3O7S. The number of carbonyl (C=O) groups excluding carboxylic acids is 3. The third kappa shape index (κ3) is 9.21. The fourth-order valence-electron chi connectivity index (χ4n) is 4.27. The van der Waals surface area contributed by atoms with Crippen LogP contribution in [0.4, 0.5) is 0 Å². The quantitative estimate of drug-likeness (QED) is 0.168. The Bertz CT molecular complexity index is 1100. The van der Waals surface area contributed by atoms with Gasteiger partial charge in [0.15, 0.2) is 0 Å². The fraction of sp³-hybridized carbons (Fsp3) is 0.481. The van der Waals surface area contributed by atoms with Gasteiger partial charge in [-0.3, -0.25) is 13.8 Å². The average molecular weight is 546 g/mol. The first kappa shape index (κ1) is 29.2. The number of carbonyl (C=O) groups is 3. The molecule has 1 aromatic carbocycles. The van der Waals surface area contributed by atoms with Crippen LogP contribution in [0.1, 0.15) is 61.9 Å². The minimum absolute atomic E-state index is 0.0564. The van der Waals surface area contributed by atoms with Crippen molar-refractivity contribution in [1.29, 1.82) is 0 Å². The van der Waals surface area contributed by atoms with E-state index in [2.05, 4.69) is 9.71 Å². The lowest BCUT2D eigenvalue weighted by atomic mass is 9.99. The summed E-state index contributed by atoms with van der Waals surface area (Å²) in [6.45, 7) is 4.50. The standard InChI is InChI=1S/C27H35N3O7S/c1-18-8-6-9-21(28-19(2)31)10-7-11-22(29-38-36-17-25(34)30-12-4-3-5-13-30)14-20-15-23(32)16-24(33)26(20)27(35)37-18/h6-7,9,11,15-16,18,21,32-33H,3-5,8,10,12-14,17H2,1-2H3,(H,28,31)/b9-6+,11-7+,29-22+/t18-,21+/m1/s1. The predicted octanol–water partition coefficient (Wildman–Crippen LogP) is 3.63. The van der Waals surface area contributed by atoms with Crippen LogP contribution in [0.5, 0.6) is 11.5 Å². The summed E-state index contributed by atoms with van der Waals surface area (Å²) in [7, 11) is 0. The minimum atomic E-state index is -0.728. The number of amides is 2. The number of fused-ring (bicyclic) bond motifs is 1. The number of phenolic OH excluding ortho intramolecular Hbond substituents is 2. The Balaban J connectivity index is 1.84. The Hall–Kier alpha value is -3.31. The third-order valence-corrected chi connectivity index (χ3v) is 6.62. The van der Waals surface area contributed by atoms with Crippen molar-refractivity contribution in [2.45, 2.75) is 64.5 Å². The number of aromatic hydroxyl groups is 2. The van der Waals surface area contributed by atoms with Crippen molar-refractivity contribution < 1.29 is 33.5 Å². The van der Waals surface area contributed by atoms with Gasteiger partial charge >= 0.3 is 5.97 Å². The Morgan fingerprint density at radius 1 is 1.18 bits per heavy atom. The summed E-state index contributed by atoms with van der Waals surface area (Å²) in [5, 5.41) is 23.4. The second kappa shape index (κ2) is 14.6. The summed E-state index contributed by atoms with van der Waals surface area (Å²) in [6.07, 6.45) is 10.8. The number of nitrogens with one attached hydrogen (secondary N) is 1. The van der Waals surface area contributed by atoms with Gasteiger partial charge in [0.1, 0.15) is 42.0 Å². The molecule has 38 heavy (non-hydrogen) atoms. The molecule has 2 amide bonds. The maximum atomic E-state index is 12.9. The highest BCUT2D eigenvalue weighted by Crippen LogP contribution is 2.30. The highest BCUT2D eigenvalue weighted by Gasteiger charge is 2.22. The molecule has 0 saturated carbocycles. The molecule has 0 bridgehead atoms. The second-order valence-corrected chi connectivity index (χ2v) is 9.93. The van der Waals surface area contributed by atoms with Gasteiger partial charge in [-0.25, -0.2) is 4.79 Å². The maximum Gasteiger partial charge on any atom is 0.342 e. The normalized spacial score (nSPS) is 23.6. The third-order valence-electron chi connectivity index (χ3n) is 6.09. The van der Waals surface area contributed by atoms with Crippen LogP contribution in [0.15, 0.2) is 40.8 Å². The summed E-state index contributed by atoms with van der Waals surface area (Å²) < 4.78 is 15.4. The van der Waals surface area contributed by atoms with Crippen molar-refractivity contribution in [2.75, 3.05) is 19.7 Å². The van der Waals surface area contributed by atoms with Gasteiger partial charge in [-0.2, -0.15) is 4.40 Å². The summed E-state index contributed by atoms with van der Waals surface area (Å²) in [5.41, 5.74) is 0.716. The zero-order valence-electron chi connectivity index (χ0n) is 21.7. The number of phenols is 2. The van der Waals surface area contributed by atoms with Gasteiger partial charge in [0.2, 0.25) is 11.8 Å². The molecule has 11 heteroatoms. The molecule has 0 aromatic heterocycles. The molecular weight excluding hydrogens is 510 g/mol. The van der Waals surface area contributed by atoms with Crippen LogP contribution >= 0.6 is 12.2 Å². The number of hydrogen-bond acceptors (Lipinski definition) is 9. The van der Waals surface area contributed by atoms with Gasteiger partial charge in [-0.1, -0.05) is 18.2 Å². The minimum Gasteiger partial charge on any atom is -0.508 e. The molecule has 10 nitrogen and oxygen atoms in total. The summed E-state index contributed by atoms with van der Waals surface area (Å²) in [5.74, 6) is -1.61. The largest absolute Gasteiger partial charge is 0.508 e. The van der Waals surface area contributed by atoms with Crippen molar-refractivity contribution in [2.24, 2.45) is 4.40 Å². The smallest absolute Gasteiger partial charge is 0.342 e. The van der Waals surface area contributed by atoms with Gasteiger partial charge in [0, 0.05) is 38.9 Å². The van der Waals surface area contributed by atoms with E-state index < -0.39 is 17.8 Å². The number of hydrogen-bond donors (Lipinski definition) is 3. The highest BCUT2D eigenvalue weighted by molar-refractivity contribution is 7.93. The molecule has 2 aliphatic rings. The van der Waals surface area contributed by atoms with E-state index in [1.807, 2.05) is 18.2 Å². The van der Waals surface area contributed by atoms with E-state index in [1.165, 1.54) is 13.0 Å². The van der Waals surface area contributed by atoms with Gasteiger partial charge in [0.25, 0.3) is 0 Å². The van der Waals surface area contributed by atoms with Crippen LogP contribution in [0.25, 0.3) is 0 Å². The van der Waals surface area contributed by atoms with Gasteiger partial charge in [-0.15, -0.1) is 0 Å². The first-order chi connectivity index (χ1) is 18.2. The Kier molecular flexibility index (Phi) is 11.2. The van der Waals surface area contributed by atoms with Crippen LogP contribution in [0.3, 0.4) is 0 Å². The molecule has 206 valence electrons. The molecule has 2 heterocycles. The van der Waals surface area contributed by atoms with Crippen molar-refractivity contribution in [3.05, 3.63) is 47.6 Å². The Morgan fingerprint density at radius 2 is 1.95 bits per heavy atom. The van der Waals surface area contributed by atoms with E-state index in [9.17, 15) is 24.6 Å². The van der Waals surface area contributed by atoms with Crippen molar-refractivity contribution in [3.8, 4) is 11.5 Å². The summed E-state index contributed by atoms with van der Waals surface area (Å²) in [6, 6.07) is 2.19. The van der Waals surface area contributed by atoms with Crippen molar-refractivity contribution >= 4 is 35.7 Å². The SMILES string of the molecule is CC(=O)N[C@H]1/C=C/C[C@@H](C)OC(=O)c2c(O)cc(O)cc2CC(=N/SOCC(=O)N2CCCCC2)/C=C/C1. The Morgan fingerprint density at radius 3 is 2.68 bits per heavy atom. The molecule has 3 rings (SSSR count). The molecule has 0 spiro atoms. The van der Waals surface area contributed by atoms with Gasteiger partial charge < -0.3 is 25.2 Å². The van der Waals surface area contributed by atoms with Crippen LogP contribution in [0.2, 0.25) is 0 Å². The number of likely N-dealkylation sites (tertiary alicyclic amines) is 1. The maximum absolute atomic E-state index is 12.9. The predicted molar refractivity (Wildman–Crippen MR) is 145 cm³/mol. The van der Waals surface area contributed by atoms with Crippen molar-refractivity contribution in [3.63, 3.8) is 0 Å². The average Bonchev–Trinajstić information content (AvgIpc) is 2.85. The lowest BCUT2D eigenvalue weighted by Crippen LogP contribution is -2.37. The lowest BCUT2D eigenvalue weighted by Gasteiger charge is -2.26. The van der Waals surface area contributed by atoms with Crippen LogP contribution in [-0.2, 0) is 24.9 Å². The van der Waals surface area contributed by atoms with E-state index in [-0.39, 0.29) is 42.2 Å². The number of piperidine rings is 1. The number of cyclic esters (lactones) is 1. The van der Waals surface area contributed by atoms with E-state index in [0.29, 0.717) is 24.1 Å². The molecule has 0 unspecified atom stereocenters. The number of rotatable bonds is 5. The highest BCUT2D eigenvalue weighted by atomic mass is 32.2. The molecule has 2 atom stereocenters. The number of allylic oxidation sites excluding steroid dienone is 1. The zero-order valence-corrected chi connectivity index (χ0v) is 22.5. The number of ether oxygens (including phenoxy) is 1. The van der Waals surface area contributed by atoms with Crippen LogP contribution in [-0.4, -0.2) is 70.5 Å². The Labute approximate surface area is 227 Å². The number of esters is 1. The summed E-state index contributed by atoms with van der Waals surface area (Å²) in [4.78, 5) is 38.7. The van der Waals surface area contributed by atoms with Gasteiger partial charge in [0.05, 0.1) is 11.8 Å². The number of nitrogens with zero attached hydrogens (tertiary/aromatic N) is 2.